The van der Waals surface area contributed by atoms with Crippen LogP contribution in [0.5, 0.6) is 0 Å². The Bertz CT molecular complexity index is 512. The summed E-state index contributed by atoms with van der Waals surface area (Å²) in [5.74, 6) is -0.172. The summed E-state index contributed by atoms with van der Waals surface area (Å²) in [6.45, 7) is 3.96. The minimum Gasteiger partial charge on any atom is -0.506 e. The van der Waals surface area contributed by atoms with Crippen LogP contribution in [-0.2, 0) is 0 Å². The van der Waals surface area contributed by atoms with E-state index in [0.29, 0.717) is 17.7 Å². The molecule has 1 aliphatic carbocycles. The highest BCUT2D eigenvalue weighted by atomic mass is 16.3. The molecule has 1 aromatic rings. The van der Waals surface area contributed by atoms with Crippen molar-refractivity contribution < 1.29 is 9.90 Å². The summed E-state index contributed by atoms with van der Waals surface area (Å²) in [6, 6.07) is 6.97. The zero-order chi connectivity index (χ0) is 11.5. The smallest absolute Gasteiger partial charge is 0.199 e. The van der Waals surface area contributed by atoms with Crippen LogP contribution >= 0.6 is 0 Å². The Kier molecular flexibility index (Phi) is 2.68. The molecule has 1 N–H and O–H groups in total. The number of rotatable bonds is 3. The van der Waals surface area contributed by atoms with Crippen LogP contribution in [0.1, 0.15) is 15.9 Å². The molecule has 0 aliphatic heterocycles. The number of aliphatic hydroxyl groups excluding tert-OH is 1. The Balaban J connectivity index is 2.40. The van der Waals surface area contributed by atoms with Gasteiger partial charge in [0.2, 0.25) is 0 Å². The quantitative estimate of drug-likeness (QED) is 0.619. The van der Waals surface area contributed by atoms with E-state index in [1.165, 1.54) is 6.21 Å². The summed E-state index contributed by atoms with van der Waals surface area (Å²) in [4.78, 5) is 15.8. The first-order valence-corrected chi connectivity index (χ1v) is 4.93. The molecular weight excluding hydrogens is 202 g/mol. The van der Waals surface area contributed by atoms with Gasteiger partial charge in [-0.2, -0.15) is 0 Å². The van der Waals surface area contributed by atoms with E-state index in [1.807, 2.05) is 0 Å². The molecule has 0 saturated carbocycles. The van der Waals surface area contributed by atoms with Gasteiger partial charge in [0.15, 0.2) is 5.78 Å². The maximum atomic E-state index is 11.9. The normalized spacial score (nSPS) is 14.6. The molecule has 0 saturated heterocycles. The van der Waals surface area contributed by atoms with Gasteiger partial charge in [-0.1, -0.05) is 30.3 Å². The predicted molar refractivity (Wildman–Crippen MR) is 63.9 cm³/mol. The van der Waals surface area contributed by atoms with E-state index < -0.39 is 0 Å². The topological polar surface area (TPSA) is 49.7 Å². The molecule has 0 aromatic heterocycles. The average Bonchev–Trinajstić information content (AvgIpc) is 2.55. The van der Waals surface area contributed by atoms with E-state index in [4.69, 9.17) is 0 Å². The number of carbonyl (C=O) groups excluding carboxylic acids is 1. The molecule has 1 aliphatic rings. The van der Waals surface area contributed by atoms with Crippen LogP contribution in [0.2, 0.25) is 0 Å². The third-order valence-electron chi connectivity index (χ3n) is 2.38. The van der Waals surface area contributed by atoms with Crippen molar-refractivity contribution in [2.24, 2.45) is 4.99 Å². The zero-order valence-electron chi connectivity index (χ0n) is 8.68. The number of hydrogen-bond acceptors (Lipinski definition) is 3. The molecule has 3 nitrogen and oxygen atoms in total. The first-order chi connectivity index (χ1) is 7.75. The van der Waals surface area contributed by atoms with Gasteiger partial charge in [-0.3, -0.25) is 9.79 Å². The first kappa shape index (κ1) is 10.4. The van der Waals surface area contributed by atoms with Crippen molar-refractivity contribution in [2.75, 3.05) is 6.54 Å². The highest BCUT2D eigenvalue weighted by Crippen LogP contribution is 2.29. The Morgan fingerprint density at radius 2 is 2.00 bits per heavy atom. The van der Waals surface area contributed by atoms with E-state index >= 15 is 0 Å². The second kappa shape index (κ2) is 4.14. The van der Waals surface area contributed by atoms with Crippen LogP contribution in [0.3, 0.4) is 0 Å². The van der Waals surface area contributed by atoms with E-state index in [-0.39, 0.29) is 17.1 Å². The van der Waals surface area contributed by atoms with Crippen LogP contribution < -0.4 is 0 Å². The fraction of sp³-hybridized carbons (Fsp3) is 0.0769. The second-order valence-corrected chi connectivity index (χ2v) is 3.42. The maximum Gasteiger partial charge on any atom is 0.199 e. The largest absolute Gasteiger partial charge is 0.506 e. The van der Waals surface area contributed by atoms with Crippen molar-refractivity contribution in [1.29, 1.82) is 0 Å². The maximum absolute atomic E-state index is 11.9. The van der Waals surface area contributed by atoms with Crippen molar-refractivity contribution in [3.8, 4) is 0 Å². The van der Waals surface area contributed by atoms with Crippen molar-refractivity contribution in [1.82, 2.24) is 0 Å². The van der Waals surface area contributed by atoms with E-state index in [9.17, 15) is 9.90 Å². The molecule has 0 unspecified atom stereocenters. The molecule has 16 heavy (non-hydrogen) atoms. The van der Waals surface area contributed by atoms with Gasteiger partial charge in [0, 0.05) is 17.3 Å². The predicted octanol–water partition coefficient (Wildman–Crippen LogP) is 2.41. The Morgan fingerprint density at radius 1 is 1.31 bits per heavy atom. The fourth-order valence-corrected chi connectivity index (χ4v) is 1.62. The molecule has 0 heterocycles. The molecule has 80 valence electrons. The highest BCUT2D eigenvalue weighted by molar-refractivity contribution is 6.30. The summed E-state index contributed by atoms with van der Waals surface area (Å²) in [6.07, 6.45) is 3.03. The number of nitrogens with zero attached hydrogens (tertiary/aromatic N) is 1. The number of fused-ring (bicyclic) bond motifs is 1. The molecule has 3 heteroatoms. The molecule has 0 spiro atoms. The van der Waals surface area contributed by atoms with Crippen LogP contribution in [0.15, 0.2) is 47.5 Å². The van der Waals surface area contributed by atoms with Crippen LogP contribution in [-0.4, -0.2) is 23.6 Å². The summed E-state index contributed by atoms with van der Waals surface area (Å²) in [5, 5.41) is 9.85. The van der Waals surface area contributed by atoms with Gasteiger partial charge >= 0.3 is 0 Å². The number of aliphatic imine (C=N–C) groups is 1. The number of ketones is 1. The lowest BCUT2D eigenvalue weighted by Gasteiger charge is -1.95. The number of aliphatic hydroxyl groups is 1. The Hall–Kier alpha value is -2.16. The number of allylic oxidation sites excluding steroid dienone is 1. The van der Waals surface area contributed by atoms with E-state index in [1.54, 1.807) is 30.3 Å². The van der Waals surface area contributed by atoms with Crippen LogP contribution in [0.25, 0.3) is 5.76 Å². The number of carbonyl (C=O) groups is 1. The number of Topliss-reactive ketones (excluding diaryl/α,β-unsaturated/α-hetero) is 1. The summed E-state index contributed by atoms with van der Waals surface area (Å²) >= 11 is 0. The summed E-state index contributed by atoms with van der Waals surface area (Å²) in [5.41, 5.74) is 1.36. The standard InChI is InChI=1S/C13H11NO2/c1-2-7-14-8-11-12(15)9-5-3-4-6-10(9)13(11)16/h2-6,8,15H,1,7H2. The van der Waals surface area contributed by atoms with Crippen molar-refractivity contribution >= 4 is 17.8 Å². The van der Waals surface area contributed by atoms with Gasteiger partial charge in [-0.25, -0.2) is 0 Å². The van der Waals surface area contributed by atoms with Crippen LogP contribution in [0, 0.1) is 0 Å². The molecule has 0 amide bonds. The number of benzene rings is 1. The van der Waals surface area contributed by atoms with Gasteiger partial charge in [0.25, 0.3) is 0 Å². The monoisotopic (exact) mass is 213 g/mol. The molecule has 0 fully saturated rings. The number of hydrogen-bond donors (Lipinski definition) is 1. The van der Waals surface area contributed by atoms with Gasteiger partial charge in [0.1, 0.15) is 5.76 Å². The lowest BCUT2D eigenvalue weighted by atomic mass is 10.1. The minimum absolute atomic E-state index is 0.00779. The molecule has 2 rings (SSSR count). The minimum atomic E-state index is -0.180. The van der Waals surface area contributed by atoms with Crippen LogP contribution in [0.4, 0.5) is 0 Å². The molecule has 0 atom stereocenters. The van der Waals surface area contributed by atoms with E-state index in [0.717, 1.165) is 0 Å². The van der Waals surface area contributed by atoms with Gasteiger partial charge in [0.05, 0.1) is 12.1 Å². The SMILES string of the molecule is C=CCN=CC1=C(O)c2ccccc2C1=O. The van der Waals surface area contributed by atoms with Gasteiger partial charge < -0.3 is 5.11 Å². The first-order valence-electron chi connectivity index (χ1n) is 4.93. The third-order valence-corrected chi connectivity index (χ3v) is 2.38. The second-order valence-electron chi connectivity index (χ2n) is 3.42. The zero-order valence-corrected chi connectivity index (χ0v) is 8.68. The van der Waals surface area contributed by atoms with E-state index in [2.05, 4.69) is 11.6 Å². The lowest BCUT2D eigenvalue weighted by Crippen LogP contribution is -2.00. The lowest BCUT2D eigenvalue weighted by molar-refractivity contribution is 0.104. The van der Waals surface area contributed by atoms with Crippen molar-refractivity contribution in [3.05, 3.63) is 53.6 Å². The molecular formula is C13H11NO2. The Labute approximate surface area is 93.5 Å². The van der Waals surface area contributed by atoms with Crippen molar-refractivity contribution in [2.45, 2.75) is 0 Å². The fourth-order valence-electron chi connectivity index (χ4n) is 1.62. The van der Waals surface area contributed by atoms with Gasteiger partial charge in [-0.05, 0) is 0 Å². The van der Waals surface area contributed by atoms with Crippen molar-refractivity contribution in [3.63, 3.8) is 0 Å². The van der Waals surface area contributed by atoms with Gasteiger partial charge in [-0.15, -0.1) is 6.58 Å². The highest BCUT2D eigenvalue weighted by Gasteiger charge is 2.27. The third kappa shape index (κ3) is 1.56. The average molecular weight is 213 g/mol. The summed E-state index contributed by atoms with van der Waals surface area (Å²) < 4.78 is 0. The molecule has 0 bridgehead atoms. The molecule has 1 aromatic carbocycles. The molecule has 0 radical (unpaired) electrons. The summed E-state index contributed by atoms with van der Waals surface area (Å²) in [7, 11) is 0. The Morgan fingerprint density at radius 3 is 2.62 bits per heavy atom.